The van der Waals surface area contributed by atoms with Crippen molar-refractivity contribution in [3.63, 3.8) is 0 Å². The van der Waals surface area contributed by atoms with Crippen molar-refractivity contribution in [2.45, 2.75) is 44.8 Å². The summed E-state index contributed by atoms with van der Waals surface area (Å²) in [4.78, 5) is 34.2. The van der Waals surface area contributed by atoms with Crippen LogP contribution in [0, 0.1) is 6.92 Å². The predicted molar refractivity (Wildman–Crippen MR) is 113 cm³/mol. The van der Waals surface area contributed by atoms with Gasteiger partial charge in [0.25, 0.3) is 5.91 Å². The molecule has 0 saturated carbocycles. The number of rotatable bonds is 6. The van der Waals surface area contributed by atoms with Gasteiger partial charge in [-0.15, -0.1) is 0 Å². The fraction of sp³-hybridized carbons (Fsp3) is 0.455. The number of cyclic esters (lactones) is 1. The van der Waals surface area contributed by atoms with Gasteiger partial charge in [0.15, 0.2) is 18.2 Å². The minimum absolute atomic E-state index is 0.0288. The molecule has 1 saturated heterocycles. The van der Waals surface area contributed by atoms with Crippen LogP contribution in [0.4, 0.5) is 16.4 Å². The van der Waals surface area contributed by atoms with Gasteiger partial charge in [0.1, 0.15) is 11.9 Å². The Kier molecular flexibility index (Phi) is 5.19. The number of aromatic nitrogens is 2. The standard InChI is InChI=1S/C22H25N5O4/c1-13-6-8-24-17-10-14(9-16(13)17)23-7-2-3-15-11-27(22(29)31-15)19-5-4-18-21(25-19)26-20(28)12-30-18/h4-6,8,14-15,23H,2-3,7,9-12H2,1H3,(H,25,26,28). The lowest BCUT2D eigenvalue weighted by Crippen LogP contribution is -2.31. The zero-order valence-electron chi connectivity index (χ0n) is 17.4. The van der Waals surface area contributed by atoms with Crippen LogP contribution in [-0.2, 0) is 22.4 Å². The van der Waals surface area contributed by atoms with Crippen molar-refractivity contribution in [1.29, 1.82) is 0 Å². The smallest absolute Gasteiger partial charge is 0.415 e. The van der Waals surface area contributed by atoms with Crippen LogP contribution >= 0.6 is 0 Å². The third-order valence-electron chi connectivity index (χ3n) is 6.02. The molecule has 2 amide bonds. The van der Waals surface area contributed by atoms with Crippen LogP contribution in [0.2, 0.25) is 0 Å². The Hall–Kier alpha value is -3.20. The van der Waals surface area contributed by atoms with E-state index < -0.39 is 6.09 Å². The highest BCUT2D eigenvalue weighted by Gasteiger charge is 2.33. The first kappa shape index (κ1) is 19.7. The van der Waals surface area contributed by atoms with Crippen molar-refractivity contribution in [3.8, 4) is 5.75 Å². The second-order valence-corrected chi connectivity index (χ2v) is 8.22. The Morgan fingerprint density at radius 2 is 2.16 bits per heavy atom. The number of nitrogens with zero attached hydrogens (tertiary/aromatic N) is 3. The average molecular weight is 423 g/mol. The molecule has 2 unspecified atom stereocenters. The Morgan fingerprint density at radius 1 is 1.26 bits per heavy atom. The first-order chi connectivity index (χ1) is 15.1. The van der Waals surface area contributed by atoms with Gasteiger partial charge < -0.3 is 20.1 Å². The van der Waals surface area contributed by atoms with Crippen LogP contribution in [0.25, 0.3) is 0 Å². The lowest BCUT2D eigenvalue weighted by molar-refractivity contribution is -0.118. The lowest BCUT2D eigenvalue weighted by Gasteiger charge is -2.19. The largest absolute Gasteiger partial charge is 0.480 e. The van der Waals surface area contributed by atoms with Crippen LogP contribution in [-0.4, -0.2) is 53.8 Å². The summed E-state index contributed by atoms with van der Waals surface area (Å²) >= 11 is 0. The molecule has 31 heavy (non-hydrogen) atoms. The zero-order valence-corrected chi connectivity index (χ0v) is 17.4. The molecule has 1 aliphatic carbocycles. The molecule has 5 rings (SSSR count). The molecule has 2 N–H and O–H groups in total. The maximum atomic E-state index is 12.3. The van der Waals surface area contributed by atoms with E-state index in [0.717, 1.165) is 32.2 Å². The minimum atomic E-state index is -0.416. The third kappa shape index (κ3) is 4.05. The van der Waals surface area contributed by atoms with Gasteiger partial charge in [-0.1, -0.05) is 0 Å². The van der Waals surface area contributed by atoms with Gasteiger partial charge in [-0.2, -0.15) is 0 Å². The third-order valence-corrected chi connectivity index (χ3v) is 6.02. The number of carbonyl (C=O) groups excluding carboxylic acids is 2. The molecule has 2 atom stereocenters. The van der Waals surface area contributed by atoms with Crippen LogP contribution in [0.5, 0.6) is 5.75 Å². The van der Waals surface area contributed by atoms with E-state index in [2.05, 4.69) is 33.6 Å². The first-order valence-electron chi connectivity index (χ1n) is 10.7. The molecule has 2 aromatic heterocycles. The SMILES string of the molecule is Cc1ccnc2c1CC(NCCCC1CN(c3ccc4c(n3)NC(=O)CO4)C(=O)O1)C2. The second-order valence-electron chi connectivity index (χ2n) is 8.22. The Labute approximate surface area is 180 Å². The van der Waals surface area contributed by atoms with Crippen LogP contribution in [0.3, 0.4) is 0 Å². The summed E-state index contributed by atoms with van der Waals surface area (Å²) in [6, 6.07) is 5.90. The monoisotopic (exact) mass is 423 g/mol. The van der Waals surface area contributed by atoms with E-state index in [1.807, 2.05) is 6.20 Å². The van der Waals surface area contributed by atoms with Gasteiger partial charge >= 0.3 is 6.09 Å². The average Bonchev–Trinajstić information content (AvgIpc) is 3.34. The second kappa shape index (κ2) is 8.14. The highest BCUT2D eigenvalue weighted by atomic mass is 16.6. The summed E-state index contributed by atoms with van der Waals surface area (Å²) in [5, 5.41) is 6.27. The molecule has 2 aliphatic heterocycles. The molecule has 4 heterocycles. The summed E-state index contributed by atoms with van der Waals surface area (Å²) in [5.41, 5.74) is 3.89. The van der Waals surface area contributed by atoms with E-state index in [4.69, 9.17) is 9.47 Å². The molecular weight excluding hydrogens is 398 g/mol. The van der Waals surface area contributed by atoms with Crippen LogP contribution in [0.15, 0.2) is 24.4 Å². The first-order valence-corrected chi connectivity index (χ1v) is 10.7. The van der Waals surface area contributed by atoms with E-state index >= 15 is 0 Å². The number of pyridine rings is 2. The van der Waals surface area contributed by atoms with Crippen molar-refractivity contribution in [2.75, 3.05) is 29.9 Å². The molecular formula is C22H25N5O4. The highest BCUT2D eigenvalue weighted by molar-refractivity contribution is 5.95. The van der Waals surface area contributed by atoms with Crippen molar-refractivity contribution in [1.82, 2.24) is 15.3 Å². The minimum Gasteiger partial charge on any atom is -0.480 e. The van der Waals surface area contributed by atoms with E-state index in [1.165, 1.54) is 21.7 Å². The van der Waals surface area contributed by atoms with Gasteiger partial charge in [0.05, 0.1) is 6.54 Å². The summed E-state index contributed by atoms with van der Waals surface area (Å²) in [6.45, 7) is 3.42. The summed E-state index contributed by atoms with van der Waals surface area (Å²) in [5.74, 6) is 1.01. The number of fused-ring (bicyclic) bond motifs is 2. The molecule has 0 aromatic carbocycles. The predicted octanol–water partition coefficient (Wildman–Crippen LogP) is 1.98. The fourth-order valence-electron chi connectivity index (χ4n) is 4.39. The van der Waals surface area contributed by atoms with Crippen molar-refractivity contribution < 1.29 is 19.1 Å². The molecule has 162 valence electrons. The molecule has 9 heteroatoms. The summed E-state index contributed by atoms with van der Waals surface area (Å²) < 4.78 is 10.8. The number of hydrogen-bond donors (Lipinski definition) is 2. The maximum absolute atomic E-state index is 12.3. The maximum Gasteiger partial charge on any atom is 0.415 e. The zero-order chi connectivity index (χ0) is 21.4. The van der Waals surface area contributed by atoms with Crippen LogP contribution in [0.1, 0.15) is 29.7 Å². The van der Waals surface area contributed by atoms with Crippen molar-refractivity contribution in [2.24, 2.45) is 0 Å². The van der Waals surface area contributed by atoms with Gasteiger partial charge in [0.2, 0.25) is 0 Å². The number of nitrogens with one attached hydrogen (secondary N) is 2. The quantitative estimate of drug-likeness (QED) is 0.685. The van der Waals surface area contributed by atoms with Gasteiger partial charge in [-0.05, 0) is 62.1 Å². The lowest BCUT2D eigenvalue weighted by atomic mass is 10.1. The highest BCUT2D eigenvalue weighted by Crippen LogP contribution is 2.30. The van der Waals surface area contributed by atoms with Gasteiger partial charge in [-0.3, -0.25) is 14.7 Å². The molecule has 0 spiro atoms. The number of anilines is 2. The Morgan fingerprint density at radius 3 is 3.03 bits per heavy atom. The molecule has 0 bridgehead atoms. The van der Waals surface area contributed by atoms with Gasteiger partial charge in [0, 0.05) is 24.4 Å². The Balaban J connectivity index is 1.10. The van der Waals surface area contributed by atoms with E-state index in [1.54, 1.807) is 12.1 Å². The van der Waals surface area contributed by atoms with E-state index in [-0.39, 0.29) is 18.6 Å². The van der Waals surface area contributed by atoms with Crippen molar-refractivity contribution in [3.05, 3.63) is 41.2 Å². The topological polar surface area (TPSA) is 106 Å². The number of ether oxygens (including phenoxy) is 2. The number of carbonyl (C=O) groups is 2. The summed E-state index contributed by atoms with van der Waals surface area (Å²) in [6.07, 6.45) is 4.96. The Bertz CT molecular complexity index is 1030. The molecule has 3 aliphatic rings. The van der Waals surface area contributed by atoms with Crippen molar-refractivity contribution >= 4 is 23.6 Å². The molecule has 9 nitrogen and oxygen atoms in total. The fourth-order valence-corrected chi connectivity index (χ4v) is 4.39. The number of hydrogen-bond acceptors (Lipinski definition) is 7. The van der Waals surface area contributed by atoms with Gasteiger partial charge in [-0.25, -0.2) is 9.78 Å². The number of aryl methyl sites for hydroxylation is 1. The van der Waals surface area contributed by atoms with E-state index in [9.17, 15) is 9.59 Å². The normalized spacial score (nSPS) is 21.9. The van der Waals surface area contributed by atoms with Crippen LogP contribution < -0.4 is 20.3 Å². The molecule has 2 aromatic rings. The van der Waals surface area contributed by atoms with E-state index in [0.29, 0.717) is 30.0 Å². The summed E-state index contributed by atoms with van der Waals surface area (Å²) in [7, 11) is 0. The number of amides is 2. The molecule has 0 radical (unpaired) electrons. The molecule has 1 fully saturated rings.